The first-order chi connectivity index (χ1) is 4.72. The van der Waals surface area contributed by atoms with Crippen molar-refractivity contribution in [2.24, 2.45) is 0 Å². The zero-order chi connectivity index (χ0) is 7.98. The van der Waals surface area contributed by atoms with Crippen molar-refractivity contribution in [3.05, 3.63) is 0 Å². The van der Waals surface area contributed by atoms with Crippen molar-refractivity contribution in [1.82, 2.24) is 5.48 Å². The van der Waals surface area contributed by atoms with E-state index in [-0.39, 0.29) is 17.1 Å². The van der Waals surface area contributed by atoms with Crippen molar-refractivity contribution in [2.45, 2.75) is 12.5 Å². The molecular weight excluding hydrogens is 233 g/mol. The van der Waals surface area contributed by atoms with E-state index >= 15 is 0 Å². The number of aliphatic carboxylic acids is 1. The number of thioether (sulfide) groups is 1. The molecule has 0 unspecified atom stereocenters. The first-order valence-electron chi connectivity index (χ1n) is 2.83. The molecule has 0 spiro atoms. The van der Waals surface area contributed by atoms with E-state index in [0.717, 1.165) is 5.75 Å². The third-order valence-electron chi connectivity index (χ3n) is 1.06. The molecule has 66 valence electrons. The summed E-state index contributed by atoms with van der Waals surface area (Å²) in [7, 11) is 0. The van der Waals surface area contributed by atoms with Gasteiger partial charge in [0.15, 0.2) is 0 Å². The molecule has 0 saturated carbocycles. The van der Waals surface area contributed by atoms with Crippen LogP contribution in [0.4, 0.5) is 0 Å². The van der Waals surface area contributed by atoms with Gasteiger partial charge in [0.1, 0.15) is 6.04 Å². The van der Waals surface area contributed by atoms with Gasteiger partial charge >= 0.3 is 5.97 Å². The molecule has 3 N–H and O–H groups in total. The first kappa shape index (κ1) is 13.8. The predicted molar refractivity (Wildman–Crippen MR) is 45.1 cm³/mol. The molecule has 11 heavy (non-hydrogen) atoms. The summed E-state index contributed by atoms with van der Waals surface area (Å²) < 4.78 is 0. The van der Waals surface area contributed by atoms with Crippen LogP contribution < -0.4 is 5.48 Å². The molecule has 0 aromatic carbocycles. The smallest absolute Gasteiger partial charge is 0.323 e. The molecular formula is C5H11NO3SSe. The molecule has 0 rings (SSSR count). The number of carboxylic acid groups (broad SMARTS) is 1. The number of nitrogens with one attached hydrogen (secondary N) is 1. The van der Waals surface area contributed by atoms with Crippen LogP contribution in [0.5, 0.6) is 0 Å². The minimum atomic E-state index is -1.02. The second-order valence-corrected chi connectivity index (χ2v) is 2.79. The molecule has 0 heterocycles. The Balaban J connectivity index is 0. The van der Waals surface area contributed by atoms with Crippen molar-refractivity contribution in [3.63, 3.8) is 0 Å². The van der Waals surface area contributed by atoms with Gasteiger partial charge in [-0.15, -0.1) is 0 Å². The van der Waals surface area contributed by atoms with Crippen molar-refractivity contribution >= 4 is 34.8 Å². The largest absolute Gasteiger partial charge is 0.480 e. The fourth-order valence-electron chi connectivity index (χ4n) is 0.479. The zero-order valence-corrected chi connectivity index (χ0v) is 8.64. The van der Waals surface area contributed by atoms with E-state index in [1.165, 1.54) is 0 Å². The SMILES string of the molecule is CSCC[C@H](NO)C(=O)O.[Se]. The number of hydrogen-bond acceptors (Lipinski definition) is 4. The summed E-state index contributed by atoms with van der Waals surface area (Å²) in [4.78, 5) is 10.2. The maximum atomic E-state index is 10.2. The van der Waals surface area contributed by atoms with Gasteiger partial charge in [0.2, 0.25) is 0 Å². The Hall–Kier alpha value is 0.259. The standard InChI is InChI=1S/C5H11NO3S.Se/c1-10-3-2-4(6-9)5(7)8;/h4,6,9H,2-3H2,1H3,(H,7,8);/t4-;/m0./s1. The molecule has 1 atom stereocenters. The van der Waals surface area contributed by atoms with E-state index in [1.807, 2.05) is 6.26 Å². The summed E-state index contributed by atoms with van der Waals surface area (Å²) in [6.07, 6.45) is 2.32. The molecule has 6 heteroatoms. The van der Waals surface area contributed by atoms with Gasteiger partial charge in [-0.25, -0.2) is 0 Å². The number of rotatable bonds is 5. The summed E-state index contributed by atoms with van der Waals surface area (Å²) >= 11 is 1.55. The van der Waals surface area contributed by atoms with Crippen LogP contribution >= 0.6 is 11.8 Å². The molecule has 0 aliphatic carbocycles. The van der Waals surface area contributed by atoms with Gasteiger partial charge in [0, 0.05) is 17.1 Å². The Bertz CT molecular complexity index is 114. The molecule has 0 amide bonds. The summed E-state index contributed by atoms with van der Waals surface area (Å²) in [5.74, 6) is -0.290. The van der Waals surface area contributed by atoms with Gasteiger partial charge < -0.3 is 10.3 Å². The average Bonchev–Trinajstić information content (AvgIpc) is 1.89. The van der Waals surface area contributed by atoms with Gasteiger partial charge in [-0.1, -0.05) is 0 Å². The Morgan fingerprint density at radius 1 is 1.73 bits per heavy atom. The summed E-state index contributed by atoms with van der Waals surface area (Å²) in [5, 5.41) is 16.7. The molecule has 4 nitrogen and oxygen atoms in total. The third-order valence-corrected chi connectivity index (χ3v) is 1.71. The van der Waals surface area contributed by atoms with Crippen molar-refractivity contribution < 1.29 is 15.1 Å². The quantitative estimate of drug-likeness (QED) is 0.461. The van der Waals surface area contributed by atoms with E-state index in [0.29, 0.717) is 6.42 Å². The number of carboxylic acids is 1. The summed E-state index contributed by atoms with van der Waals surface area (Å²) in [6, 6.07) is -0.826. The van der Waals surface area contributed by atoms with E-state index in [1.54, 1.807) is 17.2 Å². The minimum absolute atomic E-state index is 0. The summed E-state index contributed by atoms with van der Waals surface area (Å²) in [5.41, 5.74) is 1.72. The monoisotopic (exact) mass is 245 g/mol. The van der Waals surface area contributed by atoms with Crippen LogP contribution in [0.3, 0.4) is 0 Å². The second kappa shape index (κ2) is 8.36. The van der Waals surface area contributed by atoms with Gasteiger partial charge in [-0.2, -0.15) is 17.2 Å². The fourth-order valence-corrected chi connectivity index (χ4v) is 0.950. The van der Waals surface area contributed by atoms with Crippen LogP contribution in [-0.2, 0) is 4.79 Å². The Labute approximate surface area is 80.2 Å². The predicted octanol–water partition coefficient (Wildman–Crippen LogP) is -0.209. The van der Waals surface area contributed by atoms with Crippen LogP contribution in [0.1, 0.15) is 6.42 Å². The van der Waals surface area contributed by atoms with Gasteiger partial charge in [0.25, 0.3) is 0 Å². The van der Waals surface area contributed by atoms with Crippen LogP contribution in [0.25, 0.3) is 0 Å². The minimum Gasteiger partial charge on any atom is -0.480 e. The first-order valence-corrected chi connectivity index (χ1v) is 4.23. The zero-order valence-electron chi connectivity index (χ0n) is 6.11. The van der Waals surface area contributed by atoms with Crippen molar-refractivity contribution in [1.29, 1.82) is 0 Å². The molecule has 2 radical (unpaired) electrons. The topological polar surface area (TPSA) is 69.6 Å². The summed E-state index contributed by atoms with van der Waals surface area (Å²) in [6.45, 7) is 0. The fraction of sp³-hybridized carbons (Fsp3) is 0.800. The molecule has 0 saturated heterocycles. The molecule has 0 bridgehead atoms. The Morgan fingerprint density at radius 3 is 2.55 bits per heavy atom. The van der Waals surface area contributed by atoms with Crippen LogP contribution in [0, 0.1) is 0 Å². The third kappa shape index (κ3) is 6.65. The van der Waals surface area contributed by atoms with Gasteiger partial charge in [-0.05, 0) is 18.4 Å². The van der Waals surface area contributed by atoms with E-state index in [9.17, 15) is 4.79 Å². The maximum Gasteiger partial charge on any atom is 0.323 e. The second-order valence-electron chi connectivity index (χ2n) is 1.80. The normalized spacial score (nSPS) is 11.8. The van der Waals surface area contributed by atoms with Crippen molar-refractivity contribution in [2.75, 3.05) is 12.0 Å². The maximum absolute atomic E-state index is 10.2. The van der Waals surface area contributed by atoms with Gasteiger partial charge in [-0.3, -0.25) is 4.79 Å². The van der Waals surface area contributed by atoms with Crippen LogP contribution in [-0.4, -0.2) is 51.4 Å². The van der Waals surface area contributed by atoms with Crippen LogP contribution in [0.2, 0.25) is 0 Å². The molecule has 0 aromatic rings. The van der Waals surface area contributed by atoms with E-state index < -0.39 is 12.0 Å². The van der Waals surface area contributed by atoms with Crippen molar-refractivity contribution in [3.8, 4) is 0 Å². The number of hydrogen-bond donors (Lipinski definition) is 3. The van der Waals surface area contributed by atoms with E-state index in [4.69, 9.17) is 10.3 Å². The molecule has 0 aliphatic rings. The Morgan fingerprint density at radius 2 is 2.27 bits per heavy atom. The van der Waals surface area contributed by atoms with E-state index in [2.05, 4.69) is 0 Å². The van der Waals surface area contributed by atoms with Crippen LogP contribution in [0.15, 0.2) is 0 Å². The molecule has 0 aliphatic heterocycles. The average molecular weight is 244 g/mol. The number of carbonyl (C=O) groups is 1. The number of hydroxylamine groups is 1. The molecule has 0 fully saturated rings. The molecule has 0 aromatic heterocycles. The van der Waals surface area contributed by atoms with Gasteiger partial charge in [0.05, 0.1) is 0 Å². The Kier molecular flexibility index (Phi) is 10.5.